The Morgan fingerprint density at radius 3 is 2.85 bits per heavy atom. The molecule has 13 heavy (non-hydrogen) atoms. The monoisotopic (exact) mass is 195 g/mol. The van der Waals surface area contributed by atoms with Crippen molar-refractivity contribution in [3.8, 4) is 5.75 Å². The normalized spacial score (nSPS) is 10.7. The molecule has 0 unspecified atom stereocenters. The molecule has 0 radical (unpaired) electrons. The molecule has 2 nitrogen and oxygen atoms in total. The van der Waals surface area contributed by atoms with Crippen LogP contribution in [0, 0.1) is 6.92 Å². The maximum atomic E-state index is 5.95. The third kappa shape index (κ3) is 1.27. The van der Waals surface area contributed by atoms with Crippen LogP contribution in [-0.2, 0) is 0 Å². The van der Waals surface area contributed by atoms with Crippen molar-refractivity contribution in [2.45, 2.75) is 6.92 Å². The van der Waals surface area contributed by atoms with Crippen LogP contribution in [0.2, 0.25) is 5.15 Å². The molecule has 68 valence electrons. The molecule has 0 aliphatic carbocycles. The van der Waals surface area contributed by atoms with E-state index in [0.717, 1.165) is 22.2 Å². The molecule has 0 spiro atoms. The first-order valence-electron chi connectivity index (χ1n) is 4.04. The summed E-state index contributed by atoms with van der Waals surface area (Å²) in [5, 5.41) is 1.84. The lowest BCUT2D eigenvalue weighted by molar-refractivity contribution is 0.415. The molecule has 0 amide bonds. The first-order chi connectivity index (χ1) is 6.22. The zero-order chi connectivity index (χ0) is 9.42. The molecule has 2 rings (SSSR count). The van der Waals surface area contributed by atoms with Gasteiger partial charge in [-0.05, 0) is 24.6 Å². The van der Waals surface area contributed by atoms with E-state index in [-0.39, 0.29) is 0 Å². The van der Waals surface area contributed by atoms with E-state index in [0.29, 0.717) is 5.15 Å². The Morgan fingerprint density at radius 2 is 2.15 bits per heavy atom. The van der Waals surface area contributed by atoms with Gasteiger partial charge in [0, 0.05) is 11.5 Å². The average molecular weight is 196 g/mol. The number of aromatic nitrogens is 1. The van der Waals surface area contributed by atoms with Crippen LogP contribution in [0.1, 0.15) is 5.56 Å². The highest BCUT2D eigenvalue weighted by Gasteiger charge is 2.05. The van der Waals surface area contributed by atoms with Crippen molar-refractivity contribution in [1.82, 2.24) is 4.98 Å². The lowest BCUT2D eigenvalue weighted by Crippen LogP contribution is -1.81. The topological polar surface area (TPSA) is 25.0 Å². The molecule has 0 atom stereocenters. The molecule has 0 saturated heterocycles. The fourth-order valence-corrected chi connectivity index (χ4v) is 1.61. The largest absolute Gasteiger partial charge is 0.497 e. The maximum Gasteiger partial charge on any atom is 0.120 e. The van der Waals surface area contributed by atoms with Gasteiger partial charge in [0.15, 0.2) is 0 Å². The van der Waals surface area contributed by atoms with Crippen LogP contribution < -0.4 is 4.74 Å². The number of hydrogen-bond acceptors (Lipinski definition) is 1. The number of halogens is 1. The van der Waals surface area contributed by atoms with Crippen molar-refractivity contribution in [3.63, 3.8) is 0 Å². The summed E-state index contributed by atoms with van der Waals surface area (Å²) >= 11 is 5.95. The van der Waals surface area contributed by atoms with E-state index >= 15 is 0 Å². The summed E-state index contributed by atoms with van der Waals surface area (Å²) in [6.07, 6.45) is 0. The Morgan fingerprint density at radius 1 is 1.38 bits per heavy atom. The molecular weight excluding hydrogens is 186 g/mol. The van der Waals surface area contributed by atoms with Crippen LogP contribution >= 0.6 is 11.6 Å². The summed E-state index contributed by atoms with van der Waals surface area (Å²) in [5.41, 5.74) is 2.10. The predicted octanol–water partition coefficient (Wildman–Crippen LogP) is 3.14. The summed E-state index contributed by atoms with van der Waals surface area (Å²) < 4.78 is 5.11. The van der Waals surface area contributed by atoms with Crippen molar-refractivity contribution in [2.75, 3.05) is 7.11 Å². The Labute approximate surface area is 81.5 Å². The first-order valence-corrected chi connectivity index (χ1v) is 4.42. The fourth-order valence-electron chi connectivity index (χ4n) is 1.41. The minimum Gasteiger partial charge on any atom is -0.497 e. The van der Waals surface area contributed by atoms with Crippen molar-refractivity contribution in [3.05, 3.63) is 28.9 Å². The Bertz CT molecular complexity index is 447. The van der Waals surface area contributed by atoms with Crippen LogP contribution in [0.25, 0.3) is 10.9 Å². The van der Waals surface area contributed by atoms with Gasteiger partial charge in [-0.2, -0.15) is 0 Å². The second-order valence-corrected chi connectivity index (χ2v) is 3.35. The zero-order valence-corrected chi connectivity index (χ0v) is 8.27. The zero-order valence-electron chi connectivity index (χ0n) is 7.52. The average Bonchev–Trinajstić information content (AvgIpc) is 2.42. The summed E-state index contributed by atoms with van der Waals surface area (Å²) in [5.74, 6) is 0.838. The van der Waals surface area contributed by atoms with Gasteiger partial charge in [0.05, 0.1) is 12.6 Å². The van der Waals surface area contributed by atoms with E-state index in [4.69, 9.17) is 16.3 Å². The molecule has 0 bridgehead atoms. The second-order valence-electron chi connectivity index (χ2n) is 2.98. The minimum atomic E-state index is 0.697. The van der Waals surface area contributed by atoms with Crippen LogP contribution in [0.5, 0.6) is 5.75 Å². The predicted molar refractivity (Wildman–Crippen MR) is 54.6 cm³/mol. The van der Waals surface area contributed by atoms with Gasteiger partial charge in [0.2, 0.25) is 0 Å². The SMILES string of the molecule is COc1ccc2c(C)c(Cl)[nH]c2c1. The third-order valence-electron chi connectivity index (χ3n) is 2.20. The van der Waals surface area contributed by atoms with Gasteiger partial charge in [0.1, 0.15) is 10.9 Å². The number of rotatable bonds is 1. The highest BCUT2D eigenvalue weighted by atomic mass is 35.5. The highest BCUT2D eigenvalue weighted by Crippen LogP contribution is 2.27. The van der Waals surface area contributed by atoms with Gasteiger partial charge < -0.3 is 9.72 Å². The van der Waals surface area contributed by atoms with Crippen LogP contribution in [0.4, 0.5) is 0 Å². The quantitative estimate of drug-likeness (QED) is 0.743. The number of hydrogen-bond donors (Lipinski definition) is 1. The van der Waals surface area contributed by atoms with Crippen molar-refractivity contribution in [2.24, 2.45) is 0 Å². The first kappa shape index (κ1) is 8.45. The molecule has 0 saturated carbocycles. The summed E-state index contributed by atoms with van der Waals surface area (Å²) in [7, 11) is 1.65. The standard InChI is InChI=1S/C10H10ClNO/c1-6-8-4-3-7(13-2)5-9(8)12-10(6)11/h3-5,12H,1-2H3. The van der Waals surface area contributed by atoms with Gasteiger partial charge in [-0.25, -0.2) is 0 Å². The Balaban J connectivity index is 2.73. The van der Waals surface area contributed by atoms with Crippen molar-refractivity contribution < 1.29 is 4.74 Å². The number of benzene rings is 1. The van der Waals surface area contributed by atoms with E-state index in [2.05, 4.69) is 4.98 Å². The van der Waals surface area contributed by atoms with Crippen LogP contribution in [0.15, 0.2) is 18.2 Å². The molecule has 1 aromatic carbocycles. The fraction of sp³-hybridized carbons (Fsp3) is 0.200. The van der Waals surface area contributed by atoms with E-state index in [1.54, 1.807) is 7.11 Å². The van der Waals surface area contributed by atoms with Gasteiger partial charge in [-0.15, -0.1) is 0 Å². The maximum absolute atomic E-state index is 5.95. The van der Waals surface area contributed by atoms with Crippen LogP contribution in [0.3, 0.4) is 0 Å². The molecule has 1 aromatic heterocycles. The van der Waals surface area contributed by atoms with Gasteiger partial charge >= 0.3 is 0 Å². The second kappa shape index (κ2) is 2.96. The minimum absolute atomic E-state index is 0.697. The summed E-state index contributed by atoms with van der Waals surface area (Å²) in [4.78, 5) is 3.09. The smallest absolute Gasteiger partial charge is 0.120 e. The van der Waals surface area contributed by atoms with Crippen molar-refractivity contribution in [1.29, 1.82) is 0 Å². The molecule has 0 aliphatic rings. The highest BCUT2D eigenvalue weighted by molar-refractivity contribution is 6.31. The van der Waals surface area contributed by atoms with E-state index < -0.39 is 0 Å². The number of aromatic amines is 1. The number of H-pyrrole nitrogens is 1. The molecule has 0 fully saturated rings. The number of methoxy groups -OCH3 is 1. The van der Waals surface area contributed by atoms with E-state index in [1.165, 1.54) is 0 Å². The third-order valence-corrected chi connectivity index (χ3v) is 2.58. The van der Waals surface area contributed by atoms with E-state index in [1.807, 2.05) is 25.1 Å². The molecule has 1 heterocycles. The number of aryl methyl sites for hydroxylation is 1. The molecule has 0 aliphatic heterocycles. The van der Waals surface area contributed by atoms with Gasteiger partial charge in [-0.1, -0.05) is 11.6 Å². The molecule has 2 aromatic rings. The summed E-state index contributed by atoms with van der Waals surface area (Å²) in [6, 6.07) is 5.87. The van der Waals surface area contributed by atoms with Gasteiger partial charge in [0.25, 0.3) is 0 Å². The molecule has 3 heteroatoms. The Hall–Kier alpha value is -1.15. The van der Waals surface area contributed by atoms with Gasteiger partial charge in [-0.3, -0.25) is 0 Å². The van der Waals surface area contributed by atoms with Crippen molar-refractivity contribution >= 4 is 22.5 Å². The molecule has 1 N–H and O–H groups in total. The van der Waals surface area contributed by atoms with Crippen LogP contribution in [-0.4, -0.2) is 12.1 Å². The van der Waals surface area contributed by atoms with E-state index in [9.17, 15) is 0 Å². The Kier molecular flexibility index (Phi) is 1.93. The number of ether oxygens (including phenoxy) is 1. The lowest BCUT2D eigenvalue weighted by atomic mass is 10.2. The lowest BCUT2D eigenvalue weighted by Gasteiger charge is -1.98. The number of nitrogens with one attached hydrogen (secondary N) is 1. The summed E-state index contributed by atoms with van der Waals surface area (Å²) in [6.45, 7) is 1.99. The number of fused-ring (bicyclic) bond motifs is 1. The molecular formula is C10H10ClNO.